The van der Waals surface area contributed by atoms with Crippen LogP contribution in [-0.2, 0) is 4.79 Å². The smallest absolute Gasteiger partial charge is 0.197 e. The summed E-state index contributed by atoms with van der Waals surface area (Å²) in [4.78, 5) is 14.0. The summed E-state index contributed by atoms with van der Waals surface area (Å²) in [6.45, 7) is 7.37. The van der Waals surface area contributed by atoms with Gasteiger partial charge in [-0.05, 0) is 12.0 Å². The molecule has 13 heavy (non-hydrogen) atoms. The molecule has 0 aromatic heterocycles. The minimum atomic E-state index is -0.501. The first-order valence-electron chi connectivity index (χ1n) is 3.97. The van der Waals surface area contributed by atoms with Crippen LogP contribution in [-0.4, -0.2) is 9.33 Å². The Kier molecular flexibility index (Phi) is 4.19. The van der Waals surface area contributed by atoms with Crippen LogP contribution in [0.3, 0.4) is 0 Å². The first-order valence-corrected chi connectivity index (χ1v) is 5.05. The molecule has 5 heteroatoms. The van der Waals surface area contributed by atoms with Crippen molar-refractivity contribution in [1.82, 2.24) is 0 Å². The SMILES string of the molecule is CC(C)(CC(C)(C)C(=O)I)N=[N+]=[N-]. The lowest BCUT2D eigenvalue weighted by Crippen LogP contribution is -2.30. The van der Waals surface area contributed by atoms with Gasteiger partial charge >= 0.3 is 0 Å². The van der Waals surface area contributed by atoms with Crippen molar-refractivity contribution in [1.29, 1.82) is 0 Å². The number of nitrogens with zero attached hydrogens (tertiary/aromatic N) is 3. The molecule has 0 fully saturated rings. The second kappa shape index (κ2) is 4.28. The van der Waals surface area contributed by atoms with Gasteiger partial charge in [0.25, 0.3) is 0 Å². The Balaban J connectivity index is 4.60. The van der Waals surface area contributed by atoms with Gasteiger partial charge in [-0.3, -0.25) is 4.79 Å². The molecule has 0 heterocycles. The van der Waals surface area contributed by atoms with E-state index < -0.39 is 11.0 Å². The molecule has 0 saturated carbocycles. The lowest BCUT2D eigenvalue weighted by atomic mass is 9.82. The molecule has 4 nitrogen and oxygen atoms in total. The Bertz CT molecular complexity index is 242. The van der Waals surface area contributed by atoms with E-state index in [1.807, 2.05) is 27.7 Å². The standard InChI is InChI=1S/C8H14IN3O/c1-7(2,6(9)13)5-8(3,4)11-12-10/h5H2,1-4H3. The lowest BCUT2D eigenvalue weighted by molar-refractivity contribution is -0.117. The highest BCUT2D eigenvalue weighted by molar-refractivity contribution is 14.1. The van der Waals surface area contributed by atoms with Crippen molar-refractivity contribution in [3.05, 3.63) is 10.4 Å². The van der Waals surface area contributed by atoms with E-state index in [1.165, 1.54) is 0 Å². The Hall–Kier alpha value is -0.290. The fraction of sp³-hybridized carbons (Fsp3) is 0.875. The summed E-state index contributed by atoms with van der Waals surface area (Å²) in [5.41, 5.74) is 7.38. The van der Waals surface area contributed by atoms with Gasteiger partial charge in [0.2, 0.25) is 0 Å². The van der Waals surface area contributed by atoms with E-state index in [1.54, 1.807) is 22.6 Å². The number of hydrogen-bond acceptors (Lipinski definition) is 2. The molecule has 0 aliphatic heterocycles. The van der Waals surface area contributed by atoms with Crippen LogP contribution >= 0.6 is 22.6 Å². The Morgan fingerprint density at radius 2 is 1.92 bits per heavy atom. The highest BCUT2D eigenvalue weighted by Crippen LogP contribution is 2.33. The molecule has 0 bridgehead atoms. The van der Waals surface area contributed by atoms with Crippen LogP contribution in [0.4, 0.5) is 0 Å². The van der Waals surface area contributed by atoms with E-state index in [9.17, 15) is 4.79 Å². The van der Waals surface area contributed by atoms with Crippen molar-refractivity contribution in [2.45, 2.75) is 39.7 Å². The molecule has 0 radical (unpaired) electrons. The van der Waals surface area contributed by atoms with Crippen molar-refractivity contribution in [2.75, 3.05) is 0 Å². The summed E-state index contributed by atoms with van der Waals surface area (Å²) >= 11 is 1.78. The van der Waals surface area contributed by atoms with Crippen LogP contribution in [0.2, 0.25) is 0 Å². The molecule has 0 unspecified atom stereocenters. The minimum Gasteiger partial charge on any atom is -0.287 e. The predicted octanol–water partition coefficient (Wildman–Crippen LogP) is 3.45. The van der Waals surface area contributed by atoms with Crippen LogP contribution < -0.4 is 0 Å². The van der Waals surface area contributed by atoms with Crippen molar-refractivity contribution in [3.8, 4) is 0 Å². The molecular weight excluding hydrogens is 281 g/mol. The predicted molar refractivity (Wildman–Crippen MR) is 60.7 cm³/mol. The van der Waals surface area contributed by atoms with Gasteiger partial charge < -0.3 is 0 Å². The summed E-state index contributed by atoms with van der Waals surface area (Å²) in [6, 6.07) is 0. The number of carbonyl (C=O) groups is 1. The summed E-state index contributed by atoms with van der Waals surface area (Å²) in [6.07, 6.45) is 0.561. The van der Waals surface area contributed by atoms with Gasteiger partial charge in [0.05, 0.1) is 0 Å². The highest BCUT2D eigenvalue weighted by atomic mass is 127. The molecule has 0 aliphatic rings. The zero-order chi connectivity index (χ0) is 10.7. The van der Waals surface area contributed by atoms with Gasteiger partial charge in [-0.2, -0.15) is 0 Å². The molecule has 0 aliphatic carbocycles. The molecule has 0 spiro atoms. The van der Waals surface area contributed by atoms with E-state index in [-0.39, 0.29) is 3.79 Å². The van der Waals surface area contributed by atoms with Gasteiger partial charge in [0, 0.05) is 38.5 Å². The molecule has 74 valence electrons. The number of carbonyl (C=O) groups excluding carboxylic acids is 1. The third-order valence-corrected chi connectivity index (χ3v) is 3.18. The Morgan fingerprint density at radius 3 is 2.23 bits per heavy atom. The molecule has 0 rings (SSSR count). The summed E-state index contributed by atoms with van der Waals surface area (Å²) in [7, 11) is 0. The number of rotatable bonds is 4. The van der Waals surface area contributed by atoms with Gasteiger partial charge in [-0.25, -0.2) is 0 Å². The van der Waals surface area contributed by atoms with Crippen molar-refractivity contribution >= 4 is 26.4 Å². The van der Waals surface area contributed by atoms with Crippen molar-refractivity contribution < 1.29 is 4.79 Å². The van der Waals surface area contributed by atoms with E-state index in [0.717, 1.165) is 0 Å². The second-order valence-corrected chi connectivity index (χ2v) is 5.32. The van der Waals surface area contributed by atoms with Gasteiger partial charge in [0.15, 0.2) is 3.79 Å². The average molecular weight is 295 g/mol. The van der Waals surface area contributed by atoms with Gasteiger partial charge in [-0.15, -0.1) is 0 Å². The molecule has 0 aromatic rings. The second-order valence-electron chi connectivity index (χ2n) is 4.34. The third kappa shape index (κ3) is 4.47. The molecule has 0 saturated heterocycles. The average Bonchev–Trinajstić information content (AvgIpc) is 1.83. The fourth-order valence-corrected chi connectivity index (χ4v) is 1.50. The van der Waals surface area contributed by atoms with Gasteiger partial charge in [0.1, 0.15) is 0 Å². The first-order chi connectivity index (χ1) is 5.71. The van der Waals surface area contributed by atoms with E-state index in [4.69, 9.17) is 5.53 Å². The number of azide groups is 1. The fourth-order valence-electron chi connectivity index (χ4n) is 1.31. The van der Waals surface area contributed by atoms with Crippen LogP contribution in [0.1, 0.15) is 34.1 Å². The van der Waals surface area contributed by atoms with E-state index in [0.29, 0.717) is 6.42 Å². The minimum absolute atomic E-state index is 0.0892. The zero-order valence-corrected chi connectivity index (χ0v) is 10.5. The third-order valence-electron chi connectivity index (χ3n) is 1.72. The molecule has 0 amide bonds. The topological polar surface area (TPSA) is 65.8 Å². The lowest BCUT2D eigenvalue weighted by Gasteiger charge is -2.28. The summed E-state index contributed by atoms with van der Waals surface area (Å²) < 4.78 is 0.0892. The van der Waals surface area contributed by atoms with Crippen LogP contribution in [0.5, 0.6) is 0 Å². The molecule has 0 N–H and O–H groups in total. The maximum Gasteiger partial charge on any atom is 0.197 e. The van der Waals surface area contributed by atoms with Crippen molar-refractivity contribution in [3.63, 3.8) is 0 Å². The first kappa shape index (κ1) is 12.7. The quantitative estimate of drug-likeness (QED) is 0.257. The summed E-state index contributed by atoms with van der Waals surface area (Å²) in [5.74, 6) is 0. The van der Waals surface area contributed by atoms with Crippen molar-refractivity contribution in [2.24, 2.45) is 10.5 Å². The molecule has 0 atom stereocenters. The van der Waals surface area contributed by atoms with E-state index >= 15 is 0 Å². The normalized spacial score (nSPS) is 12.1. The zero-order valence-electron chi connectivity index (χ0n) is 8.33. The van der Waals surface area contributed by atoms with Crippen LogP contribution in [0.25, 0.3) is 10.4 Å². The largest absolute Gasteiger partial charge is 0.287 e. The summed E-state index contributed by atoms with van der Waals surface area (Å²) in [5, 5.41) is 3.65. The van der Waals surface area contributed by atoms with Gasteiger partial charge in [-0.1, -0.05) is 32.8 Å². The maximum absolute atomic E-state index is 11.2. The Morgan fingerprint density at radius 1 is 1.46 bits per heavy atom. The number of halogens is 1. The maximum atomic E-state index is 11.2. The molecular formula is C8H14IN3O. The molecule has 0 aromatic carbocycles. The van der Waals surface area contributed by atoms with Crippen LogP contribution in [0, 0.1) is 5.41 Å². The highest BCUT2D eigenvalue weighted by Gasteiger charge is 2.32. The van der Waals surface area contributed by atoms with Crippen LogP contribution in [0.15, 0.2) is 5.11 Å². The number of hydrogen-bond donors (Lipinski definition) is 0. The van der Waals surface area contributed by atoms with E-state index in [2.05, 4.69) is 10.0 Å². The monoisotopic (exact) mass is 295 g/mol. The Labute approximate surface area is 91.9 Å².